The van der Waals surface area contributed by atoms with Crippen LogP contribution in [0.5, 0.6) is 5.88 Å². The minimum atomic E-state index is -1.21. The third kappa shape index (κ3) is 3.72. The van der Waals surface area contributed by atoms with Crippen molar-refractivity contribution in [2.75, 3.05) is 18.1 Å². The Morgan fingerprint density at radius 2 is 2.30 bits per heavy atom. The Labute approximate surface area is 142 Å². The van der Waals surface area contributed by atoms with Crippen molar-refractivity contribution in [3.8, 4) is 5.88 Å². The van der Waals surface area contributed by atoms with Crippen LogP contribution in [0.15, 0.2) is 12.3 Å². The second-order valence-corrected chi connectivity index (χ2v) is 7.42. The fourth-order valence-corrected chi connectivity index (χ4v) is 3.86. The molecule has 0 radical (unpaired) electrons. The van der Waals surface area contributed by atoms with E-state index < -0.39 is 17.4 Å². The van der Waals surface area contributed by atoms with Crippen molar-refractivity contribution in [2.45, 2.75) is 24.8 Å². The summed E-state index contributed by atoms with van der Waals surface area (Å²) in [5, 5.41) is 12.3. The molecule has 1 aromatic rings. The zero-order valence-electron chi connectivity index (χ0n) is 12.4. The zero-order chi connectivity index (χ0) is 16.4. The molecule has 3 rings (SSSR count). The van der Waals surface area contributed by atoms with Crippen molar-refractivity contribution in [1.82, 2.24) is 10.3 Å². The predicted molar refractivity (Wildman–Crippen MR) is 87.2 cm³/mol. The first-order valence-electron chi connectivity index (χ1n) is 7.42. The predicted octanol–water partition coefficient (Wildman–Crippen LogP) is 2.21. The highest BCUT2D eigenvalue weighted by Gasteiger charge is 2.43. The Kier molecular flexibility index (Phi) is 4.68. The van der Waals surface area contributed by atoms with Crippen LogP contribution >= 0.6 is 23.4 Å². The lowest BCUT2D eigenvalue weighted by Gasteiger charge is -2.24. The SMILES string of the molecule is O=C(NC1(C(=O)O)CCSC1)c1cnc(OCC2CC2)c(Cl)c1. The van der Waals surface area contributed by atoms with Gasteiger partial charge in [-0.05, 0) is 37.0 Å². The number of nitrogens with one attached hydrogen (secondary N) is 1. The van der Waals surface area contributed by atoms with Crippen LogP contribution in [0.3, 0.4) is 0 Å². The molecule has 1 aliphatic carbocycles. The summed E-state index contributed by atoms with van der Waals surface area (Å²) >= 11 is 7.61. The Balaban J connectivity index is 1.69. The molecule has 1 aromatic heterocycles. The molecule has 1 atom stereocenters. The molecule has 0 bridgehead atoms. The molecule has 2 N–H and O–H groups in total. The maximum atomic E-state index is 12.3. The van der Waals surface area contributed by atoms with Gasteiger partial charge < -0.3 is 15.2 Å². The molecule has 1 saturated carbocycles. The van der Waals surface area contributed by atoms with Gasteiger partial charge in [0.15, 0.2) is 0 Å². The lowest BCUT2D eigenvalue weighted by Crippen LogP contribution is -2.54. The Bertz CT molecular complexity index is 630. The van der Waals surface area contributed by atoms with Crippen LogP contribution in [0.4, 0.5) is 0 Å². The average Bonchev–Trinajstić information content (AvgIpc) is 3.23. The van der Waals surface area contributed by atoms with E-state index in [4.69, 9.17) is 16.3 Å². The molecular formula is C15H17ClN2O4S. The van der Waals surface area contributed by atoms with Gasteiger partial charge in [-0.15, -0.1) is 0 Å². The van der Waals surface area contributed by atoms with E-state index in [-0.39, 0.29) is 10.6 Å². The number of hydrogen-bond acceptors (Lipinski definition) is 5. The number of aliphatic carboxylic acids is 1. The number of carbonyl (C=O) groups excluding carboxylic acids is 1. The largest absolute Gasteiger partial charge is 0.479 e. The van der Waals surface area contributed by atoms with Gasteiger partial charge in [-0.2, -0.15) is 11.8 Å². The van der Waals surface area contributed by atoms with E-state index in [1.54, 1.807) is 0 Å². The van der Waals surface area contributed by atoms with Crippen molar-refractivity contribution in [3.63, 3.8) is 0 Å². The van der Waals surface area contributed by atoms with Gasteiger partial charge >= 0.3 is 5.97 Å². The molecule has 1 saturated heterocycles. The van der Waals surface area contributed by atoms with E-state index in [2.05, 4.69) is 10.3 Å². The monoisotopic (exact) mass is 356 g/mol. The highest BCUT2D eigenvalue weighted by molar-refractivity contribution is 7.99. The molecule has 0 spiro atoms. The summed E-state index contributed by atoms with van der Waals surface area (Å²) < 4.78 is 5.51. The summed E-state index contributed by atoms with van der Waals surface area (Å²) in [6.07, 6.45) is 4.09. The van der Waals surface area contributed by atoms with Crippen molar-refractivity contribution in [1.29, 1.82) is 0 Å². The Morgan fingerprint density at radius 1 is 1.52 bits per heavy atom. The van der Waals surface area contributed by atoms with Crippen LogP contribution in [0.1, 0.15) is 29.6 Å². The summed E-state index contributed by atoms with van der Waals surface area (Å²) in [7, 11) is 0. The van der Waals surface area contributed by atoms with Gasteiger partial charge in [0.2, 0.25) is 5.88 Å². The van der Waals surface area contributed by atoms with Gasteiger partial charge in [0.1, 0.15) is 10.6 Å². The molecule has 124 valence electrons. The molecule has 0 aromatic carbocycles. The molecule has 2 heterocycles. The van der Waals surface area contributed by atoms with Gasteiger partial charge in [-0.25, -0.2) is 9.78 Å². The van der Waals surface area contributed by atoms with Crippen molar-refractivity contribution in [2.24, 2.45) is 5.92 Å². The summed E-state index contributed by atoms with van der Waals surface area (Å²) in [6.45, 7) is 0.581. The third-order valence-corrected chi connectivity index (χ3v) is 5.47. The normalized spacial score (nSPS) is 23.5. The van der Waals surface area contributed by atoms with Gasteiger partial charge in [0, 0.05) is 11.9 Å². The molecule has 23 heavy (non-hydrogen) atoms. The van der Waals surface area contributed by atoms with Gasteiger partial charge in [-0.3, -0.25) is 4.79 Å². The Hall–Kier alpha value is -1.47. The quantitative estimate of drug-likeness (QED) is 0.812. The maximum absolute atomic E-state index is 12.3. The van der Waals surface area contributed by atoms with E-state index in [1.165, 1.54) is 24.0 Å². The molecule has 8 heteroatoms. The number of halogens is 1. The van der Waals surface area contributed by atoms with Crippen LogP contribution in [-0.4, -0.2) is 45.6 Å². The average molecular weight is 357 g/mol. The fraction of sp³-hybridized carbons (Fsp3) is 0.533. The summed E-state index contributed by atoms with van der Waals surface area (Å²) in [5.41, 5.74) is -0.985. The number of pyridine rings is 1. The molecule has 6 nitrogen and oxygen atoms in total. The van der Waals surface area contributed by atoms with Crippen molar-refractivity contribution < 1.29 is 19.4 Å². The summed E-state index contributed by atoms with van der Waals surface area (Å²) in [4.78, 5) is 27.9. The maximum Gasteiger partial charge on any atom is 0.330 e. The highest BCUT2D eigenvalue weighted by atomic mass is 35.5. The molecule has 2 aliphatic rings. The first kappa shape index (κ1) is 16.4. The lowest BCUT2D eigenvalue weighted by molar-refractivity contribution is -0.143. The number of aromatic nitrogens is 1. The van der Waals surface area contributed by atoms with E-state index in [0.29, 0.717) is 36.3 Å². The van der Waals surface area contributed by atoms with Crippen LogP contribution in [0.25, 0.3) is 0 Å². The summed E-state index contributed by atoms with van der Waals surface area (Å²) in [6, 6.07) is 1.46. The topological polar surface area (TPSA) is 88.5 Å². The minimum absolute atomic E-state index is 0.228. The standard InChI is InChI=1S/C15H17ClN2O4S/c16-11-5-10(6-17-13(11)22-7-9-1-2-9)12(19)18-15(14(20)21)3-4-23-8-15/h5-6,9H,1-4,7-8H2,(H,18,19)(H,20,21). The number of carboxylic acids is 1. The summed E-state index contributed by atoms with van der Waals surface area (Å²) in [5.74, 6) is 0.445. The third-order valence-electron chi connectivity index (χ3n) is 4.01. The van der Waals surface area contributed by atoms with E-state index in [1.807, 2.05) is 0 Å². The molecule has 1 aliphatic heterocycles. The van der Waals surface area contributed by atoms with Gasteiger partial charge in [0.05, 0.1) is 12.2 Å². The zero-order valence-corrected chi connectivity index (χ0v) is 14.0. The second kappa shape index (κ2) is 6.57. The number of thioether (sulfide) groups is 1. The molecule has 2 fully saturated rings. The second-order valence-electron chi connectivity index (χ2n) is 5.91. The van der Waals surface area contributed by atoms with Crippen LogP contribution < -0.4 is 10.1 Å². The van der Waals surface area contributed by atoms with Crippen molar-refractivity contribution in [3.05, 3.63) is 22.8 Å². The fourth-order valence-electron chi connectivity index (χ4n) is 2.31. The van der Waals surface area contributed by atoms with E-state index in [0.717, 1.165) is 12.8 Å². The highest BCUT2D eigenvalue weighted by Crippen LogP contribution is 2.31. The van der Waals surface area contributed by atoms with Crippen molar-refractivity contribution >= 4 is 35.2 Å². The number of amides is 1. The number of carboxylic acid groups (broad SMARTS) is 1. The van der Waals surface area contributed by atoms with Gasteiger partial charge in [-0.1, -0.05) is 11.6 Å². The number of hydrogen-bond donors (Lipinski definition) is 2. The van der Waals surface area contributed by atoms with Crippen LogP contribution in [0.2, 0.25) is 5.02 Å². The number of rotatable bonds is 6. The molecule has 1 amide bonds. The van der Waals surface area contributed by atoms with Crippen LogP contribution in [0, 0.1) is 5.92 Å². The molecular weight excluding hydrogens is 340 g/mol. The number of ether oxygens (including phenoxy) is 1. The smallest absolute Gasteiger partial charge is 0.330 e. The minimum Gasteiger partial charge on any atom is -0.479 e. The lowest BCUT2D eigenvalue weighted by atomic mass is 9.98. The Morgan fingerprint density at radius 3 is 2.87 bits per heavy atom. The van der Waals surface area contributed by atoms with E-state index >= 15 is 0 Å². The van der Waals surface area contributed by atoms with Gasteiger partial charge in [0.25, 0.3) is 5.91 Å². The first-order valence-corrected chi connectivity index (χ1v) is 8.95. The van der Waals surface area contributed by atoms with Crippen LogP contribution in [-0.2, 0) is 4.79 Å². The molecule has 1 unspecified atom stereocenters. The number of carbonyl (C=O) groups is 2. The van der Waals surface area contributed by atoms with E-state index in [9.17, 15) is 14.7 Å². The number of nitrogens with zero attached hydrogens (tertiary/aromatic N) is 1. The first-order chi connectivity index (χ1) is 11.0.